The van der Waals surface area contributed by atoms with Gasteiger partial charge in [0.15, 0.2) is 0 Å². The first-order chi connectivity index (χ1) is 12.7. The van der Waals surface area contributed by atoms with Gasteiger partial charge in [0.2, 0.25) is 5.91 Å². The van der Waals surface area contributed by atoms with Gasteiger partial charge in [0.25, 0.3) is 5.56 Å². The second-order valence-electron chi connectivity index (χ2n) is 6.02. The number of nitrogens with zero attached hydrogens (tertiary/aromatic N) is 4. The average Bonchev–Trinajstić information content (AvgIpc) is 2.97. The fourth-order valence-corrected chi connectivity index (χ4v) is 2.79. The van der Waals surface area contributed by atoms with Gasteiger partial charge in [-0.2, -0.15) is 0 Å². The molecule has 1 aliphatic heterocycles. The maximum Gasteiger partial charge on any atom is 0.334 e. The second kappa shape index (κ2) is 6.56. The lowest BCUT2D eigenvalue weighted by atomic mass is 10.3. The van der Waals surface area contributed by atoms with Crippen LogP contribution in [0.2, 0.25) is 0 Å². The number of imide groups is 2. The monoisotopic (exact) mass is 371 g/mol. The van der Waals surface area contributed by atoms with E-state index in [1.807, 2.05) is 6.07 Å². The molecule has 1 saturated heterocycles. The van der Waals surface area contributed by atoms with Crippen molar-refractivity contribution in [3.05, 3.63) is 46.4 Å². The Hall–Kier alpha value is -3.69. The zero-order chi connectivity index (χ0) is 19.9. The quantitative estimate of drug-likeness (QED) is 0.593. The molecule has 0 atom stereocenters. The molecule has 10 heteroatoms. The molecule has 10 nitrogen and oxygen atoms in total. The molecule has 0 saturated carbocycles. The third kappa shape index (κ3) is 2.90. The standard InChI is InChI=1S/C17H17N5O5/c1-10-13(14(24)22(20(10)3)11-7-5-4-6-8-11)18-12(23)9-21-16(26)15(25)19(2)17(21)27/h4-8H,9H2,1-3H3,(H,18,23). The molecule has 1 aromatic heterocycles. The Bertz CT molecular complexity index is 1020. The zero-order valence-corrected chi connectivity index (χ0v) is 14.9. The van der Waals surface area contributed by atoms with Gasteiger partial charge in [-0.1, -0.05) is 18.2 Å². The van der Waals surface area contributed by atoms with E-state index < -0.39 is 35.9 Å². The van der Waals surface area contributed by atoms with E-state index in [0.29, 0.717) is 21.2 Å². The maximum absolute atomic E-state index is 12.7. The number of carbonyl (C=O) groups is 4. The van der Waals surface area contributed by atoms with E-state index >= 15 is 0 Å². The first kappa shape index (κ1) is 18.1. The Morgan fingerprint density at radius 3 is 2.19 bits per heavy atom. The van der Waals surface area contributed by atoms with Crippen LogP contribution in [0.4, 0.5) is 10.5 Å². The van der Waals surface area contributed by atoms with Gasteiger partial charge in [-0.25, -0.2) is 14.4 Å². The zero-order valence-electron chi connectivity index (χ0n) is 14.9. The number of carbonyl (C=O) groups excluding carboxylic acids is 4. The Morgan fingerprint density at radius 1 is 1.00 bits per heavy atom. The van der Waals surface area contributed by atoms with Gasteiger partial charge in [-0.3, -0.25) is 28.8 Å². The first-order valence-electron chi connectivity index (χ1n) is 8.01. The van der Waals surface area contributed by atoms with Gasteiger partial charge >= 0.3 is 17.8 Å². The molecule has 27 heavy (non-hydrogen) atoms. The molecule has 5 amide bonds. The van der Waals surface area contributed by atoms with Crippen molar-refractivity contribution in [2.75, 3.05) is 18.9 Å². The lowest BCUT2D eigenvalue weighted by Gasteiger charge is -2.12. The van der Waals surface area contributed by atoms with E-state index in [4.69, 9.17) is 0 Å². The molecular formula is C17H17N5O5. The second-order valence-corrected chi connectivity index (χ2v) is 6.02. The van der Waals surface area contributed by atoms with E-state index in [2.05, 4.69) is 5.32 Å². The van der Waals surface area contributed by atoms with E-state index in [-0.39, 0.29) is 5.69 Å². The smallest absolute Gasteiger partial charge is 0.318 e. The molecule has 2 aromatic rings. The van der Waals surface area contributed by atoms with Crippen molar-refractivity contribution in [2.24, 2.45) is 7.05 Å². The van der Waals surface area contributed by atoms with Crippen molar-refractivity contribution < 1.29 is 19.2 Å². The SMILES string of the molecule is Cc1c(NC(=O)CN2C(=O)C(=O)N(C)C2=O)c(=O)n(-c2ccccc2)n1C. The van der Waals surface area contributed by atoms with Gasteiger partial charge in [0.1, 0.15) is 12.2 Å². The Labute approximate surface area is 153 Å². The highest BCUT2D eigenvalue weighted by Gasteiger charge is 2.43. The summed E-state index contributed by atoms with van der Waals surface area (Å²) in [4.78, 5) is 61.3. The number of urea groups is 1. The molecule has 1 aromatic carbocycles. The summed E-state index contributed by atoms with van der Waals surface area (Å²) < 4.78 is 2.96. The minimum absolute atomic E-state index is 0.0325. The number of para-hydroxylation sites is 1. The van der Waals surface area contributed by atoms with Crippen LogP contribution in [-0.4, -0.2) is 56.5 Å². The Kier molecular flexibility index (Phi) is 4.40. The third-order valence-electron chi connectivity index (χ3n) is 4.37. The number of hydrogen-bond acceptors (Lipinski definition) is 5. The molecule has 0 unspecified atom stereocenters. The number of nitrogens with one attached hydrogen (secondary N) is 1. The summed E-state index contributed by atoms with van der Waals surface area (Å²) in [6, 6.07) is 7.98. The topological polar surface area (TPSA) is 114 Å². The lowest BCUT2D eigenvalue weighted by molar-refractivity contribution is -0.143. The summed E-state index contributed by atoms with van der Waals surface area (Å²) in [6.07, 6.45) is 0. The number of likely N-dealkylation sites (N-methyl/N-ethyl adjacent to an activating group) is 1. The van der Waals surface area contributed by atoms with Crippen molar-refractivity contribution in [2.45, 2.75) is 6.92 Å². The molecule has 1 aliphatic rings. The predicted octanol–water partition coefficient (Wildman–Crippen LogP) is -0.156. The lowest BCUT2D eigenvalue weighted by Crippen LogP contribution is -2.39. The van der Waals surface area contributed by atoms with Crippen LogP contribution in [0.25, 0.3) is 5.69 Å². The normalized spacial score (nSPS) is 14.3. The molecule has 0 aliphatic carbocycles. The van der Waals surface area contributed by atoms with Crippen molar-refractivity contribution in [1.29, 1.82) is 0 Å². The Morgan fingerprint density at radius 2 is 1.63 bits per heavy atom. The summed E-state index contributed by atoms with van der Waals surface area (Å²) in [5.74, 6) is -2.84. The molecule has 1 fully saturated rings. The predicted molar refractivity (Wildman–Crippen MR) is 94.3 cm³/mol. The number of benzene rings is 1. The molecule has 0 radical (unpaired) electrons. The van der Waals surface area contributed by atoms with Gasteiger partial charge in [-0.05, 0) is 19.1 Å². The fourth-order valence-electron chi connectivity index (χ4n) is 2.79. The van der Waals surface area contributed by atoms with Crippen LogP contribution in [0.3, 0.4) is 0 Å². The van der Waals surface area contributed by atoms with Crippen LogP contribution in [0.1, 0.15) is 5.69 Å². The molecule has 1 N–H and O–H groups in total. The highest BCUT2D eigenvalue weighted by molar-refractivity contribution is 6.44. The first-order valence-corrected chi connectivity index (χ1v) is 8.01. The number of hydrogen-bond donors (Lipinski definition) is 1. The molecule has 2 heterocycles. The minimum atomic E-state index is -1.08. The summed E-state index contributed by atoms with van der Waals surface area (Å²) >= 11 is 0. The van der Waals surface area contributed by atoms with Crippen LogP contribution < -0.4 is 10.9 Å². The molecule has 0 spiro atoms. The van der Waals surface area contributed by atoms with E-state index in [1.165, 1.54) is 4.68 Å². The highest BCUT2D eigenvalue weighted by atomic mass is 16.2. The van der Waals surface area contributed by atoms with Crippen LogP contribution in [0.5, 0.6) is 0 Å². The van der Waals surface area contributed by atoms with Crippen molar-refractivity contribution in [3.63, 3.8) is 0 Å². The Balaban J connectivity index is 1.86. The van der Waals surface area contributed by atoms with Crippen molar-refractivity contribution in [1.82, 2.24) is 19.2 Å². The van der Waals surface area contributed by atoms with E-state index in [9.17, 15) is 24.0 Å². The minimum Gasteiger partial charge on any atom is -0.318 e. The van der Waals surface area contributed by atoms with Crippen LogP contribution in [-0.2, 0) is 21.4 Å². The highest BCUT2D eigenvalue weighted by Crippen LogP contribution is 2.15. The molecule has 140 valence electrons. The van der Waals surface area contributed by atoms with E-state index in [1.54, 1.807) is 42.9 Å². The largest absolute Gasteiger partial charge is 0.334 e. The summed E-state index contributed by atoms with van der Waals surface area (Å²) in [5.41, 5.74) is 0.683. The number of rotatable bonds is 4. The van der Waals surface area contributed by atoms with Crippen molar-refractivity contribution in [3.8, 4) is 5.69 Å². The van der Waals surface area contributed by atoms with Gasteiger partial charge in [0.05, 0.1) is 11.4 Å². The number of anilines is 1. The van der Waals surface area contributed by atoms with Gasteiger partial charge < -0.3 is 5.32 Å². The molecule has 0 bridgehead atoms. The number of amides is 5. The summed E-state index contributed by atoms with van der Waals surface area (Å²) in [7, 11) is 2.82. The average molecular weight is 371 g/mol. The van der Waals surface area contributed by atoms with E-state index in [0.717, 1.165) is 7.05 Å². The van der Waals surface area contributed by atoms with Crippen LogP contribution in [0.15, 0.2) is 35.1 Å². The van der Waals surface area contributed by atoms with Crippen LogP contribution >= 0.6 is 0 Å². The summed E-state index contributed by atoms with van der Waals surface area (Å²) in [5, 5.41) is 2.44. The molecular weight excluding hydrogens is 354 g/mol. The van der Waals surface area contributed by atoms with Crippen molar-refractivity contribution >= 4 is 29.4 Å². The number of aromatic nitrogens is 2. The van der Waals surface area contributed by atoms with Crippen LogP contribution in [0, 0.1) is 6.92 Å². The third-order valence-corrected chi connectivity index (χ3v) is 4.37. The summed E-state index contributed by atoms with van der Waals surface area (Å²) in [6.45, 7) is 0.993. The van der Waals surface area contributed by atoms with Gasteiger partial charge in [0, 0.05) is 14.1 Å². The fraction of sp³-hybridized carbons (Fsp3) is 0.235. The molecule has 3 rings (SSSR count). The van der Waals surface area contributed by atoms with Gasteiger partial charge in [-0.15, -0.1) is 0 Å². The maximum atomic E-state index is 12.7.